The van der Waals surface area contributed by atoms with E-state index in [2.05, 4.69) is 41.2 Å². The molecule has 3 atom stereocenters. The van der Waals surface area contributed by atoms with E-state index in [1.54, 1.807) is 48.6 Å². The lowest BCUT2D eigenvalue weighted by Crippen LogP contribution is -2.50. The molecule has 4 rings (SSSR count). The number of piperidine rings is 1. The molecule has 2 heterocycles. The van der Waals surface area contributed by atoms with E-state index in [4.69, 9.17) is 12.8 Å². The highest BCUT2D eigenvalue weighted by Crippen LogP contribution is 2.36. The first-order valence-corrected chi connectivity index (χ1v) is 17.3. The minimum atomic E-state index is -4.65. The van der Waals surface area contributed by atoms with Crippen molar-refractivity contribution < 1.29 is 22.8 Å². The largest absolute Gasteiger partial charge is 0.416 e. The van der Waals surface area contributed by atoms with Crippen molar-refractivity contribution in [1.29, 1.82) is 0 Å². The topological polar surface area (TPSA) is 86.6 Å². The second-order valence-electron chi connectivity index (χ2n) is 13.4. The van der Waals surface area contributed by atoms with Gasteiger partial charge in [0.05, 0.1) is 12.1 Å². The zero-order valence-electron chi connectivity index (χ0n) is 30.7. The van der Waals surface area contributed by atoms with Crippen molar-refractivity contribution in [3.8, 4) is 24.7 Å². The number of aldehydes is 1. The number of carbonyl (C=O) groups excluding carboxylic acids is 2. The Bertz CT molecular complexity index is 1710. The van der Waals surface area contributed by atoms with Crippen LogP contribution < -0.4 is 10.2 Å². The fourth-order valence-electron chi connectivity index (χ4n) is 5.95. The molecule has 1 fully saturated rings. The van der Waals surface area contributed by atoms with Gasteiger partial charge in [0.25, 0.3) is 0 Å². The third-order valence-corrected chi connectivity index (χ3v) is 8.96. The number of hydrogen-bond donors (Lipinski definition) is 1. The summed E-state index contributed by atoms with van der Waals surface area (Å²) in [6.45, 7) is 6.33. The summed E-state index contributed by atoms with van der Waals surface area (Å²) >= 11 is 0. The van der Waals surface area contributed by atoms with Crippen LogP contribution in [0.3, 0.4) is 0 Å². The second kappa shape index (κ2) is 20.2. The maximum atomic E-state index is 14.3. The summed E-state index contributed by atoms with van der Waals surface area (Å²) in [4.78, 5) is 30.0. The van der Waals surface area contributed by atoms with Gasteiger partial charge in [-0.2, -0.15) is 13.2 Å². The fourth-order valence-corrected chi connectivity index (χ4v) is 5.95. The van der Waals surface area contributed by atoms with Gasteiger partial charge in [0.2, 0.25) is 5.91 Å². The van der Waals surface area contributed by atoms with E-state index in [0.717, 1.165) is 24.0 Å². The number of likely N-dealkylation sites (N-methyl/N-ethyl adjacent to an activating group) is 1. The zero-order valence-corrected chi connectivity index (χ0v) is 30.7. The molecule has 3 aromatic rings. The van der Waals surface area contributed by atoms with Gasteiger partial charge in [-0.3, -0.25) is 19.4 Å². The number of nitrogens with zero attached hydrogens (tertiary/aromatic N) is 6. The van der Waals surface area contributed by atoms with Gasteiger partial charge in [0, 0.05) is 82.5 Å². The third kappa shape index (κ3) is 13.0. The number of benzene rings is 2. The number of carbonyl (C=O) groups is 2. The number of para-hydroxylation sites is 1. The van der Waals surface area contributed by atoms with Gasteiger partial charge in [-0.05, 0) is 54.8 Å². The van der Waals surface area contributed by atoms with Gasteiger partial charge in [0.1, 0.15) is 18.4 Å². The van der Waals surface area contributed by atoms with Gasteiger partial charge < -0.3 is 14.8 Å². The van der Waals surface area contributed by atoms with Gasteiger partial charge >= 0.3 is 6.18 Å². The molecule has 1 saturated heterocycles. The molecule has 1 N–H and O–H groups in total. The van der Waals surface area contributed by atoms with E-state index < -0.39 is 11.7 Å². The monoisotopic (exact) mass is 717 g/mol. The van der Waals surface area contributed by atoms with Gasteiger partial charge in [-0.15, -0.1) is 29.0 Å². The second-order valence-corrected chi connectivity index (χ2v) is 13.4. The van der Waals surface area contributed by atoms with Crippen LogP contribution in [0.4, 0.5) is 18.9 Å². The number of halogens is 3. The van der Waals surface area contributed by atoms with E-state index in [1.165, 1.54) is 18.6 Å². The number of aryl methyl sites for hydroxylation is 1. The van der Waals surface area contributed by atoms with Crippen LogP contribution in [0.15, 0.2) is 60.9 Å². The lowest BCUT2D eigenvalue weighted by Gasteiger charge is -2.36. The molecule has 3 unspecified atom stereocenters. The van der Waals surface area contributed by atoms with Crippen LogP contribution in [0.1, 0.15) is 59.6 Å². The number of terminal acetylenes is 2. The molecule has 278 valence electrons. The van der Waals surface area contributed by atoms with Crippen LogP contribution in [0.25, 0.3) is 0 Å². The number of anilines is 1. The Balaban J connectivity index is 0.000000564. The minimum Gasteiger partial charge on any atom is -0.370 e. The van der Waals surface area contributed by atoms with Crippen molar-refractivity contribution in [3.05, 3.63) is 89.0 Å². The Labute approximate surface area is 306 Å². The Hall–Kier alpha value is -4.91. The van der Waals surface area contributed by atoms with Crippen molar-refractivity contribution in [2.45, 2.75) is 58.4 Å². The summed E-state index contributed by atoms with van der Waals surface area (Å²) in [7, 11) is 5.51. The van der Waals surface area contributed by atoms with Crippen molar-refractivity contribution >= 4 is 17.9 Å². The van der Waals surface area contributed by atoms with E-state index in [1.807, 2.05) is 34.5 Å². The quantitative estimate of drug-likeness (QED) is 0.132. The molecule has 0 radical (unpaired) electrons. The molecule has 0 saturated carbocycles. The average molecular weight is 718 g/mol. The molecule has 0 aliphatic carbocycles. The summed E-state index contributed by atoms with van der Waals surface area (Å²) in [6.07, 6.45) is 14.5. The third-order valence-electron chi connectivity index (χ3n) is 8.96. The summed E-state index contributed by atoms with van der Waals surface area (Å²) in [5.74, 6) is 6.57. The number of alkyl halides is 3. The Kier molecular flexibility index (Phi) is 16.1. The highest BCUT2D eigenvalue weighted by atomic mass is 19.4. The maximum absolute atomic E-state index is 14.3. The molecular weight excluding hydrogens is 667 g/mol. The van der Waals surface area contributed by atoms with Crippen molar-refractivity contribution in [2.75, 3.05) is 45.2 Å². The molecule has 1 amide bonds. The number of hydrogen-bond acceptors (Lipinski definition) is 7. The number of nitrogens with one attached hydrogen (secondary N) is 1. The highest BCUT2D eigenvalue weighted by Gasteiger charge is 2.36. The van der Waals surface area contributed by atoms with E-state index >= 15 is 0 Å². The van der Waals surface area contributed by atoms with E-state index in [9.17, 15) is 22.8 Å². The SMILES string of the molecule is C#CCN(C)C/C=C/C(=O)NC1CC(C#C)CN(Cc2cc(C=O)c(CN(C)c3ccccc3)c(C(F)(F)F)c2)C1.CCC(C)Cc1nncn1C. The summed E-state index contributed by atoms with van der Waals surface area (Å²) in [5.41, 5.74) is 0.165. The van der Waals surface area contributed by atoms with E-state index in [-0.39, 0.29) is 42.1 Å². The first-order chi connectivity index (χ1) is 24.8. The van der Waals surface area contributed by atoms with Crippen molar-refractivity contribution in [3.63, 3.8) is 0 Å². The molecule has 1 aromatic heterocycles. The molecule has 12 heteroatoms. The van der Waals surface area contributed by atoms with E-state index in [0.29, 0.717) is 50.4 Å². The predicted octanol–water partition coefficient (Wildman–Crippen LogP) is 5.62. The first kappa shape index (κ1) is 41.5. The predicted molar refractivity (Wildman–Crippen MR) is 199 cm³/mol. The standard InChI is InChI=1S/C32H35F3N4O2.C8H15N3/c1-5-14-37(3)15-10-13-31(41)36-27-17-24(6-2)19-39(21-27)20-25-16-26(23-40)29(30(18-25)32(33,34)35)22-38(4)28-11-8-7-9-12-28;1-4-7(2)5-8-10-9-6-11(8)3/h1-2,7-13,16,18,23-24,27H,14-15,17,19-22H2,3-4H3,(H,36,41);6-7H,4-5H2,1-3H3/b13-10+;. The number of rotatable bonds is 14. The molecule has 0 bridgehead atoms. The number of aromatic nitrogens is 3. The molecule has 1 aliphatic heterocycles. The Morgan fingerprint density at radius 2 is 1.90 bits per heavy atom. The Morgan fingerprint density at radius 1 is 1.17 bits per heavy atom. The van der Waals surface area contributed by atoms with Crippen molar-refractivity contribution in [2.24, 2.45) is 18.9 Å². The molecule has 1 aliphatic rings. The van der Waals surface area contributed by atoms with Crippen LogP contribution in [0, 0.1) is 36.5 Å². The highest BCUT2D eigenvalue weighted by molar-refractivity contribution is 5.87. The maximum Gasteiger partial charge on any atom is 0.416 e. The van der Waals surface area contributed by atoms with Crippen LogP contribution in [0.2, 0.25) is 0 Å². The molecular formula is C40H50F3N7O2. The van der Waals surface area contributed by atoms with Crippen LogP contribution in [-0.4, -0.2) is 83.1 Å². The number of likely N-dealkylation sites (tertiary alicyclic amines) is 1. The van der Waals surface area contributed by atoms with Crippen LogP contribution in [-0.2, 0) is 37.5 Å². The Morgan fingerprint density at radius 3 is 2.50 bits per heavy atom. The van der Waals surface area contributed by atoms with Gasteiger partial charge in [-0.1, -0.05) is 50.5 Å². The molecule has 0 spiro atoms. The number of amides is 1. The average Bonchev–Trinajstić information content (AvgIpc) is 3.52. The molecule has 2 aromatic carbocycles. The van der Waals surface area contributed by atoms with Gasteiger partial charge in [-0.25, -0.2) is 0 Å². The lowest BCUT2D eigenvalue weighted by molar-refractivity contribution is -0.138. The zero-order chi connectivity index (χ0) is 38.3. The first-order valence-electron chi connectivity index (χ1n) is 17.3. The smallest absolute Gasteiger partial charge is 0.370 e. The van der Waals surface area contributed by atoms with Crippen LogP contribution >= 0.6 is 0 Å². The van der Waals surface area contributed by atoms with Gasteiger partial charge in [0.15, 0.2) is 0 Å². The fraction of sp³-hybridized carbons (Fsp3) is 0.450. The molecule has 9 nitrogen and oxygen atoms in total. The summed E-state index contributed by atoms with van der Waals surface area (Å²) in [5, 5.41) is 10.8. The van der Waals surface area contributed by atoms with Crippen LogP contribution in [0.5, 0.6) is 0 Å². The molecule has 52 heavy (non-hydrogen) atoms. The minimum absolute atomic E-state index is 0.00657. The lowest BCUT2D eigenvalue weighted by atomic mass is 9.93. The summed E-state index contributed by atoms with van der Waals surface area (Å²) in [6, 6.07) is 11.4. The normalized spacial score (nSPS) is 16.8. The van der Waals surface area contributed by atoms with Crippen molar-refractivity contribution in [1.82, 2.24) is 29.9 Å². The summed E-state index contributed by atoms with van der Waals surface area (Å²) < 4.78 is 44.7.